The molecule has 0 aliphatic carbocycles. The molecule has 0 aromatic heterocycles. The average Bonchev–Trinajstić information content (AvgIpc) is 2.47. The van der Waals surface area contributed by atoms with Crippen molar-refractivity contribution < 1.29 is 9.90 Å². The number of rotatable bonds is 3. The van der Waals surface area contributed by atoms with Crippen LogP contribution in [-0.4, -0.2) is 35.1 Å². The van der Waals surface area contributed by atoms with Crippen molar-refractivity contribution in [1.29, 1.82) is 0 Å². The molecule has 1 atom stereocenters. The van der Waals surface area contributed by atoms with Gasteiger partial charge in [0, 0.05) is 12.1 Å². The number of aliphatic hydroxyl groups is 1. The van der Waals surface area contributed by atoms with Crippen LogP contribution < -0.4 is 5.73 Å². The first-order valence-electron chi connectivity index (χ1n) is 6.93. The number of benzene rings is 1. The predicted octanol–water partition coefficient (Wildman–Crippen LogP) is 0.870. The van der Waals surface area contributed by atoms with Crippen LogP contribution in [0.4, 0.5) is 0 Å². The Hall–Kier alpha value is -1.83. The minimum Gasteiger partial charge on any atom is -0.384 e. The number of piperidine rings is 1. The summed E-state index contributed by atoms with van der Waals surface area (Å²) in [5, 5.41) is 8.66. The van der Waals surface area contributed by atoms with Gasteiger partial charge >= 0.3 is 0 Å². The van der Waals surface area contributed by atoms with Gasteiger partial charge in [-0.05, 0) is 37.1 Å². The van der Waals surface area contributed by atoms with Crippen molar-refractivity contribution in [3.05, 3.63) is 35.4 Å². The van der Waals surface area contributed by atoms with Crippen molar-refractivity contribution in [3.63, 3.8) is 0 Å². The molecular formula is C16H20N2O2. The second-order valence-electron chi connectivity index (χ2n) is 5.04. The monoisotopic (exact) mass is 272 g/mol. The molecule has 1 saturated heterocycles. The molecule has 1 aromatic carbocycles. The number of carbonyl (C=O) groups is 1. The topological polar surface area (TPSA) is 66.6 Å². The van der Waals surface area contributed by atoms with Gasteiger partial charge in [0.2, 0.25) is 5.91 Å². The Labute approximate surface area is 119 Å². The Morgan fingerprint density at radius 2 is 2.10 bits per heavy atom. The largest absolute Gasteiger partial charge is 0.384 e. The summed E-state index contributed by atoms with van der Waals surface area (Å²) >= 11 is 0. The molecule has 1 aromatic rings. The fraction of sp³-hybridized carbons (Fsp3) is 0.438. The van der Waals surface area contributed by atoms with Gasteiger partial charge in [-0.1, -0.05) is 30.4 Å². The van der Waals surface area contributed by atoms with E-state index in [0.29, 0.717) is 0 Å². The summed E-state index contributed by atoms with van der Waals surface area (Å²) in [7, 11) is 0. The number of amides is 1. The first kappa shape index (κ1) is 14.6. The molecule has 20 heavy (non-hydrogen) atoms. The Balaban J connectivity index is 2.03. The molecule has 0 spiro atoms. The van der Waals surface area contributed by atoms with E-state index in [9.17, 15) is 4.79 Å². The molecule has 4 heteroatoms. The second kappa shape index (κ2) is 7.09. The highest BCUT2D eigenvalue weighted by Gasteiger charge is 2.26. The van der Waals surface area contributed by atoms with E-state index in [1.165, 1.54) is 0 Å². The maximum absolute atomic E-state index is 11.5. The van der Waals surface area contributed by atoms with Crippen molar-refractivity contribution in [2.75, 3.05) is 13.2 Å². The van der Waals surface area contributed by atoms with E-state index >= 15 is 0 Å². The second-order valence-corrected chi connectivity index (χ2v) is 5.04. The normalized spacial score (nSPS) is 19.1. The van der Waals surface area contributed by atoms with Crippen LogP contribution in [0, 0.1) is 11.8 Å². The first-order chi connectivity index (χ1) is 9.70. The Kier molecular flexibility index (Phi) is 5.16. The third-order valence-electron chi connectivity index (χ3n) is 3.59. The fourth-order valence-corrected chi connectivity index (χ4v) is 2.57. The van der Waals surface area contributed by atoms with E-state index < -0.39 is 0 Å². The summed E-state index contributed by atoms with van der Waals surface area (Å²) < 4.78 is 0. The lowest BCUT2D eigenvalue weighted by molar-refractivity contribution is -0.124. The first-order valence-corrected chi connectivity index (χ1v) is 6.93. The molecule has 4 nitrogen and oxygen atoms in total. The Morgan fingerprint density at radius 1 is 1.35 bits per heavy atom. The lowest BCUT2D eigenvalue weighted by Crippen LogP contribution is -2.47. The molecule has 1 fully saturated rings. The molecule has 1 heterocycles. The molecule has 1 amide bonds. The number of primary amides is 1. The lowest BCUT2D eigenvalue weighted by atomic mass is 10.0. The van der Waals surface area contributed by atoms with E-state index in [0.717, 1.165) is 43.5 Å². The van der Waals surface area contributed by atoms with Crippen molar-refractivity contribution in [2.24, 2.45) is 5.73 Å². The maximum atomic E-state index is 11.5. The smallest absolute Gasteiger partial charge is 0.234 e. The quantitative estimate of drug-likeness (QED) is 0.802. The Bertz CT molecular complexity index is 514. The number of hydrogen-bond donors (Lipinski definition) is 2. The van der Waals surface area contributed by atoms with Crippen LogP contribution in [0.2, 0.25) is 0 Å². The summed E-state index contributed by atoms with van der Waals surface area (Å²) in [5.74, 6) is 5.26. The van der Waals surface area contributed by atoms with Crippen molar-refractivity contribution in [1.82, 2.24) is 4.90 Å². The number of likely N-dealkylation sites (tertiary alicyclic amines) is 1. The third kappa shape index (κ3) is 3.83. The van der Waals surface area contributed by atoms with Crippen LogP contribution in [0.25, 0.3) is 0 Å². The molecule has 0 saturated carbocycles. The van der Waals surface area contributed by atoms with E-state index in [1.54, 1.807) is 0 Å². The summed E-state index contributed by atoms with van der Waals surface area (Å²) in [6.45, 7) is 1.52. The maximum Gasteiger partial charge on any atom is 0.234 e. The minimum atomic E-state index is -0.227. The Morgan fingerprint density at radius 3 is 2.75 bits per heavy atom. The van der Waals surface area contributed by atoms with Crippen LogP contribution in [0.15, 0.2) is 24.3 Å². The van der Waals surface area contributed by atoms with E-state index in [-0.39, 0.29) is 18.6 Å². The number of hydrogen-bond acceptors (Lipinski definition) is 3. The van der Waals surface area contributed by atoms with Gasteiger partial charge in [-0.2, -0.15) is 0 Å². The molecular weight excluding hydrogens is 252 g/mol. The van der Waals surface area contributed by atoms with Crippen molar-refractivity contribution in [2.45, 2.75) is 31.8 Å². The van der Waals surface area contributed by atoms with E-state index in [1.807, 2.05) is 24.3 Å². The van der Waals surface area contributed by atoms with Gasteiger partial charge in [0.05, 0.1) is 6.04 Å². The van der Waals surface area contributed by atoms with Gasteiger partial charge < -0.3 is 10.8 Å². The SMILES string of the molecule is NC(=O)C1CCCCN1Cc1ccc(C#CCO)cc1. The molecule has 0 bridgehead atoms. The van der Waals surface area contributed by atoms with Crippen molar-refractivity contribution >= 4 is 5.91 Å². The lowest BCUT2D eigenvalue weighted by Gasteiger charge is -2.33. The van der Waals surface area contributed by atoms with Gasteiger partial charge in [0.1, 0.15) is 6.61 Å². The highest BCUT2D eigenvalue weighted by Crippen LogP contribution is 2.19. The molecule has 0 radical (unpaired) electrons. The molecule has 106 valence electrons. The standard InChI is InChI=1S/C16H20N2O2/c17-16(20)15-5-1-2-10-18(15)12-14-8-6-13(7-9-14)4-3-11-19/h6-9,15,19H,1-2,5,10-12H2,(H2,17,20). The van der Waals surface area contributed by atoms with E-state index in [4.69, 9.17) is 10.8 Å². The molecule has 1 aliphatic heterocycles. The summed E-state index contributed by atoms with van der Waals surface area (Å²) in [6, 6.07) is 7.74. The van der Waals surface area contributed by atoms with Gasteiger partial charge in [0.25, 0.3) is 0 Å². The number of aliphatic hydroxyl groups excluding tert-OH is 1. The third-order valence-corrected chi connectivity index (χ3v) is 3.59. The molecule has 1 aliphatic rings. The summed E-state index contributed by atoms with van der Waals surface area (Å²) in [4.78, 5) is 13.6. The highest BCUT2D eigenvalue weighted by molar-refractivity contribution is 5.79. The van der Waals surface area contributed by atoms with Gasteiger partial charge in [-0.25, -0.2) is 0 Å². The predicted molar refractivity (Wildman–Crippen MR) is 77.6 cm³/mol. The van der Waals surface area contributed by atoms with Crippen LogP contribution in [0.5, 0.6) is 0 Å². The zero-order valence-electron chi connectivity index (χ0n) is 11.5. The van der Waals surface area contributed by atoms with Gasteiger partial charge in [-0.3, -0.25) is 9.69 Å². The van der Waals surface area contributed by atoms with Crippen molar-refractivity contribution in [3.8, 4) is 11.8 Å². The molecule has 2 rings (SSSR count). The number of nitrogens with zero attached hydrogens (tertiary/aromatic N) is 1. The highest BCUT2D eigenvalue weighted by atomic mass is 16.2. The zero-order chi connectivity index (χ0) is 14.4. The van der Waals surface area contributed by atoms with Crippen LogP contribution >= 0.6 is 0 Å². The van der Waals surface area contributed by atoms with Gasteiger partial charge in [0.15, 0.2) is 0 Å². The van der Waals surface area contributed by atoms with Crippen LogP contribution in [0.3, 0.4) is 0 Å². The van der Waals surface area contributed by atoms with E-state index in [2.05, 4.69) is 16.7 Å². The van der Waals surface area contributed by atoms with Crippen LogP contribution in [-0.2, 0) is 11.3 Å². The molecule has 1 unspecified atom stereocenters. The zero-order valence-corrected chi connectivity index (χ0v) is 11.5. The summed E-state index contributed by atoms with van der Waals surface area (Å²) in [6.07, 6.45) is 3.04. The fourth-order valence-electron chi connectivity index (χ4n) is 2.57. The number of carbonyl (C=O) groups excluding carboxylic acids is 1. The van der Waals surface area contributed by atoms with Gasteiger partial charge in [-0.15, -0.1) is 0 Å². The average molecular weight is 272 g/mol. The molecule has 3 N–H and O–H groups in total. The van der Waals surface area contributed by atoms with Crippen LogP contribution in [0.1, 0.15) is 30.4 Å². The number of nitrogens with two attached hydrogens (primary N) is 1. The minimum absolute atomic E-state index is 0.129. The summed E-state index contributed by atoms with van der Waals surface area (Å²) in [5.41, 5.74) is 7.50.